The molecule has 0 nitrogen and oxygen atoms in total. The molecular formula is C22H28. The molecule has 0 N–H and O–H groups in total. The van der Waals surface area contributed by atoms with Gasteiger partial charge in [0.05, 0.1) is 0 Å². The molecule has 2 aromatic carbocycles. The molecule has 116 valence electrons. The van der Waals surface area contributed by atoms with Gasteiger partial charge in [-0.25, -0.2) is 0 Å². The lowest BCUT2D eigenvalue weighted by molar-refractivity contribution is 0.793. The Hall–Kier alpha value is -1.82. The summed E-state index contributed by atoms with van der Waals surface area (Å²) in [6, 6.07) is 13.5. The van der Waals surface area contributed by atoms with E-state index in [9.17, 15) is 0 Å². The first-order valence-electron chi connectivity index (χ1n) is 8.36. The lowest BCUT2D eigenvalue weighted by Gasteiger charge is -2.11. The third-order valence-electron chi connectivity index (χ3n) is 4.28. The van der Waals surface area contributed by atoms with E-state index in [0.29, 0.717) is 0 Å². The van der Waals surface area contributed by atoms with Gasteiger partial charge in [0.2, 0.25) is 0 Å². The van der Waals surface area contributed by atoms with Gasteiger partial charge in [-0.1, -0.05) is 66.9 Å². The molecule has 0 atom stereocenters. The van der Waals surface area contributed by atoms with Gasteiger partial charge in [-0.3, -0.25) is 0 Å². The molecule has 0 bridgehead atoms. The predicted molar refractivity (Wildman–Crippen MR) is 99.3 cm³/mol. The van der Waals surface area contributed by atoms with E-state index >= 15 is 0 Å². The number of benzene rings is 2. The monoisotopic (exact) mass is 292 g/mol. The minimum atomic E-state index is 1.17. The van der Waals surface area contributed by atoms with Crippen LogP contribution in [0.1, 0.15) is 60.1 Å². The van der Waals surface area contributed by atoms with Crippen LogP contribution in [-0.2, 0) is 6.42 Å². The average molecular weight is 292 g/mol. The summed E-state index contributed by atoms with van der Waals surface area (Å²) < 4.78 is 0. The third-order valence-corrected chi connectivity index (χ3v) is 4.28. The maximum absolute atomic E-state index is 2.35. The fourth-order valence-electron chi connectivity index (χ4n) is 3.03. The molecule has 0 spiro atoms. The summed E-state index contributed by atoms with van der Waals surface area (Å²) in [5.41, 5.74) is 9.59. The fourth-order valence-corrected chi connectivity index (χ4v) is 3.03. The van der Waals surface area contributed by atoms with Crippen LogP contribution in [0.15, 0.2) is 36.4 Å². The second-order valence-electron chi connectivity index (χ2n) is 6.45. The second kappa shape index (κ2) is 7.45. The van der Waals surface area contributed by atoms with Gasteiger partial charge in [0, 0.05) is 0 Å². The van der Waals surface area contributed by atoms with Crippen LogP contribution < -0.4 is 0 Å². The van der Waals surface area contributed by atoms with Crippen molar-refractivity contribution < 1.29 is 0 Å². The largest absolute Gasteiger partial charge is 0.0654 e. The predicted octanol–water partition coefficient (Wildman–Crippen LogP) is 6.51. The molecule has 0 saturated carbocycles. The van der Waals surface area contributed by atoms with Crippen molar-refractivity contribution >= 4 is 11.6 Å². The second-order valence-corrected chi connectivity index (χ2v) is 6.45. The van der Waals surface area contributed by atoms with Crippen LogP contribution in [-0.4, -0.2) is 0 Å². The molecule has 2 rings (SSSR count). The number of hydrogen-bond donors (Lipinski definition) is 0. The molecule has 0 unspecified atom stereocenters. The zero-order chi connectivity index (χ0) is 16.1. The molecule has 0 heterocycles. The Morgan fingerprint density at radius 3 is 2.32 bits per heavy atom. The fraction of sp³-hybridized carbons (Fsp3) is 0.364. The third kappa shape index (κ3) is 4.10. The van der Waals surface area contributed by atoms with Crippen molar-refractivity contribution in [2.75, 3.05) is 0 Å². The van der Waals surface area contributed by atoms with Gasteiger partial charge in [0.25, 0.3) is 0 Å². The van der Waals surface area contributed by atoms with E-state index in [2.05, 4.69) is 77.1 Å². The van der Waals surface area contributed by atoms with Crippen LogP contribution in [0.25, 0.3) is 11.6 Å². The number of aryl methyl sites for hydroxylation is 4. The highest BCUT2D eigenvalue weighted by atomic mass is 14.1. The Labute approximate surface area is 135 Å². The van der Waals surface area contributed by atoms with Crippen molar-refractivity contribution in [3.8, 4) is 0 Å². The van der Waals surface area contributed by atoms with Crippen molar-refractivity contribution in [3.05, 3.63) is 69.8 Å². The van der Waals surface area contributed by atoms with Crippen molar-refractivity contribution in [1.82, 2.24) is 0 Å². The number of allylic oxidation sites excluding steroid dienone is 1. The summed E-state index contributed by atoms with van der Waals surface area (Å²) in [7, 11) is 0. The number of rotatable bonds is 5. The van der Waals surface area contributed by atoms with Gasteiger partial charge >= 0.3 is 0 Å². The topological polar surface area (TPSA) is 0 Å². The maximum Gasteiger partial charge on any atom is -0.0198 e. The Bertz CT molecular complexity index is 674. The average Bonchev–Trinajstić information content (AvgIpc) is 2.47. The van der Waals surface area contributed by atoms with E-state index in [0.717, 1.165) is 0 Å². The zero-order valence-corrected chi connectivity index (χ0v) is 14.7. The molecule has 0 radical (unpaired) electrons. The molecular weight excluding hydrogens is 264 g/mol. The summed E-state index contributed by atoms with van der Waals surface area (Å²) in [5.74, 6) is 0. The first kappa shape index (κ1) is 16.5. The van der Waals surface area contributed by atoms with Gasteiger partial charge in [-0.05, 0) is 68.4 Å². The van der Waals surface area contributed by atoms with Crippen molar-refractivity contribution in [1.29, 1.82) is 0 Å². The molecule has 0 heteroatoms. The lowest BCUT2D eigenvalue weighted by atomic mass is 9.94. The summed E-state index contributed by atoms with van der Waals surface area (Å²) in [4.78, 5) is 0. The molecule has 0 saturated heterocycles. The normalized spacial score (nSPS) is 11.8. The van der Waals surface area contributed by atoms with Crippen molar-refractivity contribution in [2.45, 2.75) is 53.9 Å². The Morgan fingerprint density at radius 1 is 0.955 bits per heavy atom. The van der Waals surface area contributed by atoms with Crippen molar-refractivity contribution in [3.63, 3.8) is 0 Å². The van der Waals surface area contributed by atoms with E-state index < -0.39 is 0 Å². The first-order chi connectivity index (χ1) is 10.5. The maximum atomic E-state index is 2.35. The highest BCUT2D eigenvalue weighted by molar-refractivity contribution is 5.82. The first-order valence-corrected chi connectivity index (χ1v) is 8.36. The van der Waals surface area contributed by atoms with Crippen LogP contribution in [0.2, 0.25) is 0 Å². The standard InChI is InChI=1S/C22H28/c1-6-7-8-20-14-17(3)9-11-21(20)15-19(5)22-12-10-16(2)13-18(22)4/h9-15H,6-8H2,1-5H3/b19-15+. The van der Waals surface area contributed by atoms with Crippen LogP contribution in [0.4, 0.5) is 0 Å². The molecule has 0 aliphatic carbocycles. The number of unbranched alkanes of at least 4 members (excludes halogenated alkanes) is 1. The Morgan fingerprint density at radius 2 is 1.64 bits per heavy atom. The minimum absolute atomic E-state index is 1.17. The van der Waals surface area contributed by atoms with E-state index in [1.807, 2.05) is 0 Å². The Kier molecular flexibility index (Phi) is 5.60. The zero-order valence-electron chi connectivity index (χ0n) is 14.7. The highest BCUT2D eigenvalue weighted by Gasteiger charge is 2.04. The summed E-state index contributed by atoms with van der Waals surface area (Å²) in [6.07, 6.45) is 6.02. The van der Waals surface area contributed by atoms with Gasteiger partial charge in [0.15, 0.2) is 0 Å². The van der Waals surface area contributed by atoms with E-state index in [4.69, 9.17) is 0 Å². The number of hydrogen-bond acceptors (Lipinski definition) is 0. The molecule has 0 aromatic heterocycles. The van der Waals surface area contributed by atoms with E-state index in [1.54, 1.807) is 0 Å². The van der Waals surface area contributed by atoms with Crippen LogP contribution in [0.5, 0.6) is 0 Å². The SMILES string of the molecule is CCCCc1cc(C)ccc1/C=C(\C)c1ccc(C)cc1C. The summed E-state index contributed by atoms with van der Waals surface area (Å²) in [6.45, 7) is 11.0. The van der Waals surface area contributed by atoms with Gasteiger partial charge < -0.3 is 0 Å². The highest BCUT2D eigenvalue weighted by Crippen LogP contribution is 2.24. The van der Waals surface area contributed by atoms with Gasteiger partial charge in [0.1, 0.15) is 0 Å². The lowest BCUT2D eigenvalue weighted by Crippen LogP contribution is -1.92. The van der Waals surface area contributed by atoms with E-state index in [1.165, 1.54) is 58.2 Å². The van der Waals surface area contributed by atoms with Crippen LogP contribution in [0.3, 0.4) is 0 Å². The van der Waals surface area contributed by atoms with E-state index in [-0.39, 0.29) is 0 Å². The molecule has 0 aliphatic rings. The van der Waals surface area contributed by atoms with Gasteiger partial charge in [-0.2, -0.15) is 0 Å². The molecule has 22 heavy (non-hydrogen) atoms. The van der Waals surface area contributed by atoms with Crippen LogP contribution >= 0.6 is 0 Å². The summed E-state index contributed by atoms with van der Waals surface area (Å²) in [5, 5.41) is 0. The van der Waals surface area contributed by atoms with Crippen LogP contribution in [0, 0.1) is 20.8 Å². The Balaban J connectivity index is 2.38. The smallest absolute Gasteiger partial charge is 0.0198 e. The van der Waals surface area contributed by atoms with Gasteiger partial charge in [-0.15, -0.1) is 0 Å². The quantitative estimate of drug-likeness (QED) is 0.551. The molecule has 2 aromatic rings. The summed E-state index contributed by atoms with van der Waals surface area (Å²) >= 11 is 0. The molecule has 0 amide bonds. The molecule has 0 aliphatic heterocycles. The minimum Gasteiger partial charge on any atom is -0.0654 e. The molecule has 0 fully saturated rings. The van der Waals surface area contributed by atoms with Crippen molar-refractivity contribution in [2.24, 2.45) is 0 Å².